The molecular weight excluding hydrogens is 364 g/mol. The SMILES string of the molecule is COCCN(C)C[C@@H]1CN(C(=O)c2cccc(-c3ccc(C)cc3)c2)C[C@@H]1CO. The van der Waals surface area contributed by atoms with Gasteiger partial charge in [-0.3, -0.25) is 4.79 Å². The summed E-state index contributed by atoms with van der Waals surface area (Å²) in [4.78, 5) is 17.3. The number of rotatable bonds is 8. The fourth-order valence-electron chi connectivity index (χ4n) is 4.02. The van der Waals surface area contributed by atoms with Crippen LogP contribution in [0, 0.1) is 18.8 Å². The number of aliphatic hydroxyl groups excluding tert-OH is 1. The van der Waals surface area contributed by atoms with Crippen molar-refractivity contribution in [3.63, 3.8) is 0 Å². The molecule has 0 unspecified atom stereocenters. The van der Waals surface area contributed by atoms with E-state index in [0.29, 0.717) is 25.3 Å². The molecule has 5 heteroatoms. The lowest BCUT2D eigenvalue weighted by atomic mass is 9.96. The summed E-state index contributed by atoms with van der Waals surface area (Å²) in [6.45, 7) is 5.83. The van der Waals surface area contributed by atoms with E-state index in [1.807, 2.05) is 29.2 Å². The Morgan fingerprint density at radius 2 is 1.86 bits per heavy atom. The van der Waals surface area contributed by atoms with Gasteiger partial charge in [0.25, 0.3) is 5.91 Å². The molecule has 0 bridgehead atoms. The molecule has 1 heterocycles. The van der Waals surface area contributed by atoms with E-state index < -0.39 is 0 Å². The van der Waals surface area contributed by atoms with Crippen LogP contribution < -0.4 is 0 Å². The van der Waals surface area contributed by atoms with Crippen molar-refractivity contribution >= 4 is 5.91 Å². The zero-order valence-corrected chi connectivity index (χ0v) is 17.7. The minimum Gasteiger partial charge on any atom is -0.396 e. The minimum atomic E-state index is 0.0412. The Hall–Kier alpha value is -2.21. The largest absolute Gasteiger partial charge is 0.396 e. The van der Waals surface area contributed by atoms with E-state index in [1.54, 1.807) is 7.11 Å². The highest BCUT2D eigenvalue weighted by Crippen LogP contribution is 2.27. The number of amides is 1. The van der Waals surface area contributed by atoms with Gasteiger partial charge in [0.05, 0.1) is 6.61 Å². The highest BCUT2D eigenvalue weighted by molar-refractivity contribution is 5.95. The normalized spacial score (nSPS) is 19.1. The number of ether oxygens (including phenoxy) is 1. The van der Waals surface area contributed by atoms with Crippen molar-refractivity contribution < 1.29 is 14.6 Å². The van der Waals surface area contributed by atoms with Gasteiger partial charge in [0.15, 0.2) is 0 Å². The van der Waals surface area contributed by atoms with E-state index in [4.69, 9.17) is 4.74 Å². The van der Waals surface area contributed by atoms with Crippen molar-refractivity contribution in [2.24, 2.45) is 11.8 Å². The van der Waals surface area contributed by atoms with Gasteiger partial charge in [-0.15, -0.1) is 0 Å². The first kappa shape index (κ1) is 21.5. The molecule has 0 spiro atoms. The highest BCUT2D eigenvalue weighted by atomic mass is 16.5. The van der Waals surface area contributed by atoms with Gasteiger partial charge in [0, 0.05) is 51.4 Å². The smallest absolute Gasteiger partial charge is 0.253 e. The zero-order chi connectivity index (χ0) is 20.8. The van der Waals surface area contributed by atoms with E-state index in [1.165, 1.54) is 5.56 Å². The average molecular weight is 397 g/mol. The molecular formula is C24H32N2O3. The van der Waals surface area contributed by atoms with E-state index in [-0.39, 0.29) is 24.3 Å². The molecule has 2 aromatic carbocycles. The Morgan fingerprint density at radius 3 is 2.55 bits per heavy atom. The Morgan fingerprint density at radius 1 is 1.14 bits per heavy atom. The van der Waals surface area contributed by atoms with Gasteiger partial charge in [-0.25, -0.2) is 0 Å². The number of carbonyl (C=O) groups is 1. The number of carbonyl (C=O) groups excluding carboxylic acids is 1. The van der Waals surface area contributed by atoms with Gasteiger partial charge in [-0.2, -0.15) is 0 Å². The van der Waals surface area contributed by atoms with Crippen LogP contribution in [0.5, 0.6) is 0 Å². The van der Waals surface area contributed by atoms with Gasteiger partial charge in [0.2, 0.25) is 0 Å². The molecule has 2 aromatic rings. The third-order valence-corrected chi connectivity index (χ3v) is 5.82. The average Bonchev–Trinajstić information content (AvgIpc) is 3.15. The summed E-state index contributed by atoms with van der Waals surface area (Å²) in [6.07, 6.45) is 0. The quantitative estimate of drug-likeness (QED) is 0.745. The zero-order valence-electron chi connectivity index (χ0n) is 17.7. The van der Waals surface area contributed by atoms with Gasteiger partial charge < -0.3 is 19.6 Å². The maximum atomic E-state index is 13.2. The van der Waals surface area contributed by atoms with Crippen LogP contribution in [0.1, 0.15) is 15.9 Å². The molecule has 1 saturated heterocycles. The molecule has 1 fully saturated rings. The second kappa shape index (κ2) is 10.0. The Labute approximate surface area is 173 Å². The van der Waals surface area contributed by atoms with Crippen molar-refractivity contribution in [1.29, 1.82) is 0 Å². The van der Waals surface area contributed by atoms with Crippen molar-refractivity contribution in [3.8, 4) is 11.1 Å². The standard InChI is InChI=1S/C24H32N2O3/c1-18-7-9-19(10-8-18)20-5-4-6-21(13-20)24(28)26-15-22(23(16-26)17-27)14-25(2)11-12-29-3/h4-10,13,22-23,27H,11-12,14-17H2,1-3H3/t22-,23-/m1/s1. The summed E-state index contributed by atoms with van der Waals surface area (Å²) in [5.41, 5.74) is 4.07. The Bertz CT molecular complexity index is 806. The predicted molar refractivity (Wildman–Crippen MR) is 116 cm³/mol. The van der Waals surface area contributed by atoms with Crippen LogP contribution in [-0.2, 0) is 4.74 Å². The second-order valence-electron chi connectivity index (χ2n) is 8.11. The van der Waals surface area contributed by atoms with E-state index in [9.17, 15) is 9.90 Å². The maximum Gasteiger partial charge on any atom is 0.253 e. The number of aryl methyl sites for hydroxylation is 1. The summed E-state index contributed by atoms with van der Waals surface area (Å²) in [6, 6.07) is 16.2. The number of hydrogen-bond donors (Lipinski definition) is 1. The van der Waals surface area contributed by atoms with E-state index in [2.05, 4.69) is 43.1 Å². The molecule has 156 valence electrons. The first-order valence-corrected chi connectivity index (χ1v) is 10.3. The summed E-state index contributed by atoms with van der Waals surface area (Å²) < 4.78 is 5.15. The number of nitrogens with zero attached hydrogens (tertiary/aromatic N) is 2. The minimum absolute atomic E-state index is 0.0412. The van der Waals surface area contributed by atoms with Crippen LogP contribution >= 0.6 is 0 Å². The third-order valence-electron chi connectivity index (χ3n) is 5.82. The lowest BCUT2D eigenvalue weighted by molar-refractivity contribution is 0.0778. The third kappa shape index (κ3) is 5.44. The lowest BCUT2D eigenvalue weighted by Crippen LogP contribution is -2.33. The number of likely N-dealkylation sites (tertiary alicyclic amines) is 1. The predicted octanol–water partition coefficient (Wildman–Crippen LogP) is 2.92. The summed E-state index contributed by atoms with van der Waals surface area (Å²) >= 11 is 0. The molecule has 1 aliphatic rings. The van der Waals surface area contributed by atoms with Gasteiger partial charge >= 0.3 is 0 Å². The second-order valence-corrected chi connectivity index (χ2v) is 8.11. The van der Waals surface area contributed by atoms with Crippen molar-refractivity contribution in [2.75, 3.05) is 53.6 Å². The molecule has 0 saturated carbocycles. The number of aliphatic hydroxyl groups is 1. The van der Waals surface area contributed by atoms with Crippen LogP contribution in [0.2, 0.25) is 0 Å². The molecule has 5 nitrogen and oxygen atoms in total. The number of methoxy groups -OCH3 is 1. The molecule has 1 aliphatic heterocycles. The Balaban J connectivity index is 1.70. The molecule has 0 aliphatic carbocycles. The van der Waals surface area contributed by atoms with E-state index in [0.717, 1.165) is 24.2 Å². The van der Waals surface area contributed by atoms with Crippen LogP contribution in [0.4, 0.5) is 0 Å². The lowest BCUT2D eigenvalue weighted by Gasteiger charge is -2.23. The van der Waals surface area contributed by atoms with Crippen molar-refractivity contribution in [1.82, 2.24) is 9.80 Å². The summed E-state index contributed by atoms with van der Waals surface area (Å²) in [7, 11) is 3.76. The first-order chi connectivity index (χ1) is 14.0. The maximum absolute atomic E-state index is 13.2. The fourth-order valence-corrected chi connectivity index (χ4v) is 4.02. The van der Waals surface area contributed by atoms with E-state index >= 15 is 0 Å². The van der Waals surface area contributed by atoms with Gasteiger partial charge in [0.1, 0.15) is 0 Å². The molecule has 2 atom stereocenters. The summed E-state index contributed by atoms with van der Waals surface area (Å²) in [5, 5.41) is 9.83. The number of benzene rings is 2. The highest BCUT2D eigenvalue weighted by Gasteiger charge is 2.35. The summed E-state index contributed by atoms with van der Waals surface area (Å²) in [5.74, 6) is 0.426. The van der Waals surface area contributed by atoms with Gasteiger partial charge in [-0.1, -0.05) is 42.0 Å². The number of likely N-dealkylation sites (N-methyl/N-ethyl adjacent to an activating group) is 1. The molecule has 3 rings (SSSR count). The van der Waals surface area contributed by atoms with Crippen LogP contribution in [0.15, 0.2) is 48.5 Å². The monoisotopic (exact) mass is 396 g/mol. The van der Waals surface area contributed by atoms with Gasteiger partial charge in [-0.05, 0) is 43.1 Å². The van der Waals surface area contributed by atoms with Crippen LogP contribution in [0.25, 0.3) is 11.1 Å². The topological polar surface area (TPSA) is 53.0 Å². The molecule has 29 heavy (non-hydrogen) atoms. The molecule has 1 amide bonds. The number of hydrogen-bond acceptors (Lipinski definition) is 4. The Kier molecular flexibility index (Phi) is 7.42. The molecule has 0 radical (unpaired) electrons. The fraction of sp³-hybridized carbons (Fsp3) is 0.458. The molecule has 0 aromatic heterocycles. The first-order valence-electron chi connectivity index (χ1n) is 10.3. The van der Waals surface area contributed by atoms with Crippen molar-refractivity contribution in [3.05, 3.63) is 59.7 Å². The molecule has 1 N–H and O–H groups in total. The van der Waals surface area contributed by atoms with Crippen LogP contribution in [-0.4, -0.2) is 74.4 Å². The van der Waals surface area contributed by atoms with Crippen LogP contribution in [0.3, 0.4) is 0 Å². The van der Waals surface area contributed by atoms with Crippen molar-refractivity contribution in [2.45, 2.75) is 6.92 Å².